The van der Waals surface area contributed by atoms with Crippen molar-refractivity contribution >= 4 is 5.97 Å². The van der Waals surface area contributed by atoms with Crippen LogP contribution in [0.3, 0.4) is 0 Å². The molecule has 3 saturated carbocycles. The third-order valence-corrected chi connectivity index (χ3v) is 5.05. The molecule has 0 amide bonds. The average Bonchev–Trinajstić information content (AvgIpc) is 2.58. The lowest BCUT2D eigenvalue weighted by atomic mass is 9.58. The molecule has 4 fully saturated rings. The van der Waals surface area contributed by atoms with Crippen LogP contribution in [0.5, 0.6) is 0 Å². The van der Waals surface area contributed by atoms with Crippen molar-refractivity contribution in [2.75, 3.05) is 13.6 Å². The quantitative estimate of drug-likeness (QED) is 0.710. The zero-order chi connectivity index (χ0) is 10.6. The van der Waals surface area contributed by atoms with Crippen molar-refractivity contribution < 1.29 is 9.90 Å². The van der Waals surface area contributed by atoms with Crippen LogP contribution in [-0.2, 0) is 4.79 Å². The van der Waals surface area contributed by atoms with Crippen molar-refractivity contribution in [1.82, 2.24) is 4.90 Å². The summed E-state index contributed by atoms with van der Waals surface area (Å²) in [5, 5.41) is 9.31. The molecular weight excluding hydrogens is 190 g/mol. The number of carboxylic acids is 1. The molecule has 0 aromatic carbocycles. The first kappa shape index (κ1) is 9.64. The minimum absolute atomic E-state index is 0.192. The summed E-state index contributed by atoms with van der Waals surface area (Å²) in [7, 11) is 1.98. The Morgan fingerprint density at radius 2 is 1.80 bits per heavy atom. The van der Waals surface area contributed by atoms with Gasteiger partial charge in [-0.2, -0.15) is 0 Å². The normalized spacial score (nSPS) is 49.3. The van der Waals surface area contributed by atoms with Crippen molar-refractivity contribution in [2.45, 2.75) is 31.7 Å². The number of hydrogen-bond acceptors (Lipinski definition) is 2. The Morgan fingerprint density at radius 3 is 2.40 bits per heavy atom. The molecule has 0 spiro atoms. The third kappa shape index (κ3) is 1.25. The van der Waals surface area contributed by atoms with E-state index in [1.54, 1.807) is 0 Å². The topological polar surface area (TPSA) is 40.5 Å². The molecule has 84 valence electrons. The molecule has 15 heavy (non-hydrogen) atoms. The second-order valence-corrected chi connectivity index (χ2v) is 5.64. The van der Waals surface area contributed by atoms with Crippen LogP contribution in [0.15, 0.2) is 0 Å². The van der Waals surface area contributed by atoms with Gasteiger partial charge in [0.05, 0.1) is 0 Å². The zero-order valence-electron chi connectivity index (χ0n) is 9.22. The van der Waals surface area contributed by atoms with E-state index in [0.717, 1.165) is 12.5 Å². The molecule has 3 nitrogen and oxygen atoms in total. The van der Waals surface area contributed by atoms with E-state index in [4.69, 9.17) is 0 Å². The molecule has 2 bridgehead atoms. The van der Waals surface area contributed by atoms with Crippen molar-refractivity contribution in [3.8, 4) is 0 Å². The van der Waals surface area contributed by atoms with Crippen molar-refractivity contribution in [2.24, 2.45) is 23.7 Å². The molecule has 0 aromatic heterocycles. The van der Waals surface area contributed by atoms with Gasteiger partial charge in [0.25, 0.3) is 0 Å². The van der Waals surface area contributed by atoms with Crippen molar-refractivity contribution in [1.29, 1.82) is 0 Å². The Hall–Kier alpha value is -0.570. The van der Waals surface area contributed by atoms with Gasteiger partial charge in [-0.3, -0.25) is 9.69 Å². The Kier molecular flexibility index (Phi) is 2.06. The lowest BCUT2D eigenvalue weighted by Gasteiger charge is -2.46. The van der Waals surface area contributed by atoms with Gasteiger partial charge >= 0.3 is 5.97 Å². The van der Waals surface area contributed by atoms with E-state index in [0.29, 0.717) is 17.8 Å². The molecule has 0 radical (unpaired) electrons. The maximum Gasteiger partial charge on any atom is 0.321 e. The molecular formula is C12H19NO2. The minimum Gasteiger partial charge on any atom is -0.480 e. The van der Waals surface area contributed by atoms with Gasteiger partial charge in [0, 0.05) is 6.54 Å². The van der Waals surface area contributed by atoms with E-state index in [2.05, 4.69) is 4.90 Å². The summed E-state index contributed by atoms with van der Waals surface area (Å²) >= 11 is 0. The molecule has 1 aliphatic heterocycles. The van der Waals surface area contributed by atoms with Gasteiger partial charge in [-0.15, -0.1) is 0 Å². The predicted octanol–water partition coefficient (Wildman–Crippen LogP) is 1.44. The summed E-state index contributed by atoms with van der Waals surface area (Å²) in [5.74, 6) is 2.07. The van der Waals surface area contributed by atoms with Crippen LogP contribution in [0.1, 0.15) is 25.7 Å². The number of likely N-dealkylation sites (N-methyl/N-ethyl adjacent to an activating group) is 1. The molecule has 3 atom stereocenters. The summed E-state index contributed by atoms with van der Waals surface area (Å²) in [6.07, 6.45) is 5.27. The van der Waals surface area contributed by atoms with Gasteiger partial charge in [0.1, 0.15) is 6.04 Å². The van der Waals surface area contributed by atoms with Crippen LogP contribution >= 0.6 is 0 Å². The largest absolute Gasteiger partial charge is 0.480 e. The van der Waals surface area contributed by atoms with Crippen LogP contribution < -0.4 is 0 Å². The average molecular weight is 209 g/mol. The lowest BCUT2D eigenvalue weighted by molar-refractivity contribution is -0.144. The number of rotatable bonds is 1. The standard InChI is InChI=1S/C12H19NO2/c1-13-6-9-7-2-4-8(5-3-7)10(9)11(13)12(14)15/h7-11H,2-6H2,1H3,(H,14,15)/t7?,8?,9-,10+,11+/m1/s1. The summed E-state index contributed by atoms with van der Waals surface area (Å²) < 4.78 is 0. The molecule has 0 aromatic rings. The first-order chi connectivity index (χ1) is 7.18. The van der Waals surface area contributed by atoms with Crippen molar-refractivity contribution in [3.05, 3.63) is 0 Å². The third-order valence-electron chi connectivity index (χ3n) is 5.05. The number of aliphatic carboxylic acids is 1. The van der Waals surface area contributed by atoms with E-state index in [1.165, 1.54) is 25.7 Å². The van der Waals surface area contributed by atoms with Gasteiger partial charge in [0.15, 0.2) is 0 Å². The van der Waals surface area contributed by atoms with Crippen LogP contribution in [0, 0.1) is 23.7 Å². The number of likely N-dealkylation sites (tertiary alicyclic amines) is 1. The summed E-state index contributed by atoms with van der Waals surface area (Å²) in [5.41, 5.74) is 0. The van der Waals surface area contributed by atoms with Crippen LogP contribution in [0.25, 0.3) is 0 Å². The highest BCUT2D eigenvalue weighted by molar-refractivity contribution is 5.74. The highest BCUT2D eigenvalue weighted by atomic mass is 16.4. The zero-order valence-corrected chi connectivity index (χ0v) is 9.22. The summed E-state index contributed by atoms with van der Waals surface area (Å²) in [6, 6.07) is -0.192. The number of carbonyl (C=O) groups is 1. The van der Waals surface area contributed by atoms with Crippen molar-refractivity contribution in [3.63, 3.8) is 0 Å². The second-order valence-electron chi connectivity index (χ2n) is 5.64. The fourth-order valence-corrected chi connectivity index (χ4v) is 4.48. The van der Waals surface area contributed by atoms with E-state index >= 15 is 0 Å². The van der Waals surface area contributed by atoms with Gasteiger partial charge in [-0.1, -0.05) is 0 Å². The highest BCUT2D eigenvalue weighted by Gasteiger charge is 2.54. The van der Waals surface area contributed by atoms with Crippen LogP contribution in [-0.4, -0.2) is 35.6 Å². The highest BCUT2D eigenvalue weighted by Crippen LogP contribution is 2.53. The van der Waals surface area contributed by atoms with Crippen LogP contribution in [0.4, 0.5) is 0 Å². The Bertz CT molecular complexity index is 283. The van der Waals surface area contributed by atoms with Gasteiger partial charge in [-0.05, 0) is 56.4 Å². The number of carboxylic acid groups (broad SMARTS) is 1. The van der Waals surface area contributed by atoms with Crippen LogP contribution in [0.2, 0.25) is 0 Å². The van der Waals surface area contributed by atoms with E-state index in [9.17, 15) is 9.90 Å². The Labute approximate surface area is 90.5 Å². The molecule has 1 saturated heterocycles. The fraction of sp³-hybridized carbons (Fsp3) is 0.917. The summed E-state index contributed by atoms with van der Waals surface area (Å²) in [6.45, 7) is 1.02. The second kappa shape index (κ2) is 3.21. The summed E-state index contributed by atoms with van der Waals surface area (Å²) in [4.78, 5) is 13.4. The monoisotopic (exact) mass is 209 g/mol. The van der Waals surface area contributed by atoms with E-state index in [1.807, 2.05) is 7.05 Å². The fourth-order valence-electron chi connectivity index (χ4n) is 4.48. The molecule has 3 aliphatic carbocycles. The molecule has 0 unspecified atom stereocenters. The maximum atomic E-state index is 11.3. The van der Waals surface area contributed by atoms with Gasteiger partial charge < -0.3 is 5.11 Å². The molecule has 3 heteroatoms. The Morgan fingerprint density at radius 1 is 1.20 bits per heavy atom. The Balaban J connectivity index is 1.91. The lowest BCUT2D eigenvalue weighted by Crippen LogP contribution is -2.45. The maximum absolute atomic E-state index is 11.3. The molecule has 1 heterocycles. The van der Waals surface area contributed by atoms with E-state index in [-0.39, 0.29) is 6.04 Å². The first-order valence-corrected chi connectivity index (χ1v) is 6.11. The van der Waals surface area contributed by atoms with E-state index < -0.39 is 5.97 Å². The number of fused-ring (bicyclic) bond motifs is 2. The molecule has 1 N–H and O–H groups in total. The SMILES string of the molecule is CN1C[C@@H]2C3CCC(CC3)[C@@H]2[C@H]1C(=O)O. The number of hydrogen-bond donors (Lipinski definition) is 1. The predicted molar refractivity (Wildman–Crippen MR) is 56.5 cm³/mol. The number of nitrogens with zero attached hydrogens (tertiary/aromatic N) is 1. The smallest absolute Gasteiger partial charge is 0.321 e. The van der Waals surface area contributed by atoms with Gasteiger partial charge in [0.2, 0.25) is 0 Å². The first-order valence-electron chi connectivity index (χ1n) is 6.11. The molecule has 4 aliphatic rings. The molecule has 4 rings (SSSR count). The van der Waals surface area contributed by atoms with Gasteiger partial charge in [-0.25, -0.2) is 0 Å². The minimum atomic E-state index is -0.599.